The molecule has 0 unspecified atom stereocenters. The molecule has 0 saturated heterocycles. The number of nitrogens with one attached hydrogen (secondary N) is 1. The number of aryl methyl sites for hydroxylation is 1. The lowest BCUT2D eigenvalue weighted by molar-refractivity contribution is -0.274. The van der Waals surface area contributed by atoms with Crippen molar-refractivity contribution in [2.75, 3.05) is 16.8 Å². The Morgan fingerprint density at radius 3 is 2.58 bits per heavy atom. The quantitative estimate of drug-likeness (QED) is 0.591. The number of alkyl halides is 3. The first-order chi connectivity index (χ1) is 14.9. The van der Waals surface area contributed by atoms with Gasteiger partial charge in [0.15, 0.2) is 0 Å². The lowest BCUT2D eigenvalue weighted by atomic mass is 9.99. The molecule has 3 aromatic rings. The van der Waals surface area contributed by atoms with Gasteiger partial charge in [0.25, 0.3) is 0 Å². The van der Waals surface area contributed by atoms with Crippen molar-refractivity contribution in [2.24, 2.45) is 0 Å². The van der Waals surface area contributed by atoms with E-state index < -0.39 is 6.36 Å². The monoisotopic (exact) mass is 428 g/mol. The molecule has 5 nitrogen and oxygen atoms in total. The van der Waals surface area contributed by atoms with E-state index in [0.717, 1.165) is 47.6 Å². The third kappa shape index (κ3) is 5.45. The summed E-state index contributed by atoms with van der Waals surface area (Å²) in [5.41, 5.74) is 3.86. The molecule has 162 valence electrons. The lowest BCUT2D eigenvalue weighted by Gasteiger charge is -2.30. The van der Waals surface area contributed by atoms with Crippen molar-refractivity contribution in [3.63, 3.8) is 0 Å². The molecule has 0 aliphatic carbocycles. The number of ether oxygens (including phenoxy) is 1. The van der Waals surface area contributed by atoms with Gasteiger partial charge >= 0.3 is 6.36 Å². The van der Waals surface area contributed by atoms with Crippen LogP contribution in [0.2, 0.25) is 0 Å². The Morgan fingerprint density at radius 2 is 1.84 bits per heavy atom. The zero-order valence-corrected chi connectivity index (χ0v) is 17.1. The van der Waals surface area contributed by atoms with Crippen LogP contribution in [0.25, 0.3) is 0 Å². The van der Waals surface area contributed by atoms with Gasteiger partial charge in [-0.1, -0.05) is 43.3 Å². The van der Waals surface area contributed by atoms with Crippen LogP contribution in [0.3, 0.4) is 0 Å². The minimum Gasteiger partial charge on any atom is -0.406 e. The molecule has 1 aliphatic rings. The van der Waals surface area contributed by atoms with Crippen molar-refractivity contribution < 1.29 is 17.9 Å². The van der Waals surface area contributed by atoms with Gasteiger partial charge in [0.1, 0.15) is 11.6 Å². The van der Waals surface area contributed by atoms with Gasteiger partial charge in [0, 0.05) is 31.4 Å². The highest BCUT2D eigenvalue weighted by atomic mass is 19.4. The number of halogens is 3. The van der Waals surface area contributed by atoms with Gasteiger partial charge in [-0.2, -0.15) is 4.98 Å². The minimum atomic E-state index is -4.70. The molecule has 0 spiro atoms. The molecule has 4 rings (SSSR count). The van der Waals surface area contributed by atoms with Crippen molar-refractivity contribution >= 4 is 11.8 Å². The van der Waals surface area contributed by atoms with Gasteiger partial charge in [-0.3, -0.25) is 0 Å². The minimum absolute atomic E-state index is 0.199. The fourth-order valence-corrected chi connectivity index (χ4v) is 3.61. The SMILES string of the molecule is CCc1cc(N2CCc3ccc(OC(F)(F)F)cc3C2)nc(NCc2ccccc2)n1. The predicted octanol–water partition coefficient (Wildman–Crippen LogP) is 5.11. The average Bonchev–Trinajstić information content (AvgIpc) is 2.76. The second-order valence-corrected chi connectivity index (χ2v) is 7.38. The van der Waals surface area contributed by atoms with Crippen molar-refractivity contribution in [3.05, 3.63) is 77.0 Å². The number of nitrogens with zero attached hydrogens (tertiary/aromatic N) is 3. The molecule has 0 atom stereocenters. The van der Waals surface area contributed by atoms with Crippen LogP contribution < -0.4 is 15.0 Å². The molecule has 2 aromatic carbocycles. The maximum atomic E-state index is 12.6. The second-order valence-electron chi connectivity index (χ2n) is 7.38. The first-order valence-electron chi connectivity index (χ1n) is 10.2. The Labute approximate surface area is 178 Å². The first-order valence-corrected chi connectivity index (χ1v) is 10.2. The van der Waals surface area contributed by atoms with Crippen molar-refractivity contribution in [2.45, 2.75) is 39.2 Å². The number of aromatic nitrogens is 2. The van der Waals surface area contributed by atoms with Gasteiger partial charge in [-0.15, -0.1) is 13.2 Å². The third-order valence-corrected chi connectivity index (χ3v) is 5.17. The number of hydrogen-bond donors (Lipinski definition) is 1. The lowest BCUT2D eigenvalue weighted by Crippen LogP contribution is -2.31. The molecule has 1 aliphatic heterocycles. The van der Waals surface area contributed by atoms with Gasteiger partial charge < -0.3 is 15.0 Å². The number of rotatable bonds is 6. The van der Waals surface area contributed by atoms with Crippen molar-refractivity contribution in [1.82, 2.24) is 9.97 Å². The number of benzene rings is 2. The summed E-state index contributed by atoms with van der Waals surface area (Å²) in [6, 6.07) is 16.5. The van der Waals surface area contributed by atoms with Crippen LogP contribution in [0.4, 0.5) is 24.9 Å². The van der Waals surface area contributed by atoms with E-state index in [4.69, 9.17) is 0 Å². The maximum Gasteiger partial charge on any atom is 0.573 e. The molecule has 31 heavy (non-hydrogen) atoms. The number of hydrogen-bond acceptors (Lipinski definition) is 5. The summed E-state index contributed by atoms with van der Waals surface area (Å²) in [7, 11) is 0. The molecular weight excluding hydrogens is 405 g/mol. The van der Waals surface area contributed by atoms with E-state index in [1.54, 1.807) is 6.07 Å². The Kier molecular flexibility index (Phi) is 5.97. The standard InChI is InChI=1S/C23H23F3N4O/c1-2-19-13-21(29-22(28-19)27-14-16-6-4-3-5-7-16)30-11-10-17-8-9-20(12-18(17)15-30)31-23(24,25)26/h3-9,12-13H,2,10-11,14-15H2,1H3,(H,27,28,29). The van der Waals surface area contributed by atoms with Crippen LogP contribution in [-0.2, 0) is 25.9 Å². The van der Waals surface area contributed by atoms with Crippen LogP contribution in [0, 0.1) is 0 Å². The molecule has 2 heterocycles. The van der Waals surface area contributed by atoms with E-state index >= 15 is 0 Å². The van der Waals surface area contributed by atoms with E-state index in [0.29, 0.717) is 19.0 Å². The van der Waals surface area contributed by atoms with E-state index in [1.807, 2.05) is 43.3 Å². The molecular formula is C23H23F3N4O. The fraction of sp³-hybridized carbons (Fsp3) is 0.304. The zero-order valence-electron chi connectivity index (χ0n) is 17.1. The van der Waals surface area contributed by atoms with Crippen LogP contribution in [0.5, 0.6) is 5.75 Å². The maximum absolute atomic E-state index is 12.6. The van der Waals surface area contributed by atoms with E-state index in [-0.39, 0.29) is 5.75 Å². The summed E-state index contributed by atoms with van der Waals surface area (Å²) in [4.78, 5) is 11.3. The van der Waals surface area contributed by atoms with Crippen LogP contribution in [0.15, 0.2) is 54.6 Å². The Balaban J connectivity index is 1.53. The number of anilines is 2. The summed E-state index contributed by atoms with van der Waals surface area (Å²) < 4.78 is 41.8. The molecule has 1 N–H and O–H groups in total. The summed E-state index contributed by atoms with van der Waals surface area (Å²) in [6.45, 7) is 3.82. The highest BCUT2D eigenvalue weighted by molar-refractivity contribution is 5.49. The molecule has 0 saturated carbocycles. The summed E-state index contributed by atoms with van der Waals surface area (Å²) in [5.74, 6) is 1.10. The molecule has 0 bridgehead atoms. The molecule has 0 radical (unpaired) electrons. The Hall–Kier alpha value is -3.29. The first kappa shape index (κ1) is 21.0. The number of fused-ring (bicyclic) bond motifs is 1. The third-order valence-electron chi connectivity index (χ3n) is 5.17. The van der Waals surface area contributed by atoms with Crippen LogP contribution >= 0.6 is 0 Å². The Bertz CT molecular complexity index is 1040. The van der Waals surface area contributed by atoms with Crippen LogP contribution in [0.1, 0.15) is 29.3 Å². The fourth-order valence-electron chi connectivity index (χ4n) is 3.61. The average molecular weight is 428 g/mol. The van der Waals surface area contributed by atoms with Crippen molar-refractivity contribution in [3.8, 4) is 5.75 Å². The highest BCUT2D eigenvalue weighted by Crippen LogP contribution is 2.30. The highest BCUT2D eigenvalue weighted by Gasteiger charge is 2.31. The van der Waals surface area contributed by atoms with Gasteiger partial charge in [-0.25, -0.2) is 4.98 Å². The van der Waals surface area contributed by atoms with E-state index in [2.05, 4.69) is 24.9 Å². The molecule has 8 heteroatoms. The largest absolute Gasteiger partial charge is 0.573 e. The molecule has 0 fully saturated rings. The zero-order chi connectivity index (χ0) is 21.8. The normalized spacial score (nSPS) is 13.6. The van der Waals surface area contributed by atoms with Gasteiger partial charge in [0.05, 0.1) is 0 Å². The van der Waals surface area contributed by atoms with Crippen molar-refractivity contribution in [1.29, 1.82) is 0 Å². The Morgan fingerprint density at radius 1 is 1.03 bits per heavy atom. The van der Waals surface area contributed by atoms with Crippen LogP contribution in [-0.4, -0.2) is 22.9 Å². The summed E-state index contributed by atoms with van der Waals surface area (Å²) in [5, 5.41) is 3.28. The van der Waals surface area contributed by atoms with E-state index in [1.165, 1.54) is 12.1 Å². The predicted molar refractivity (Wildman–Crippen MR) is 113 cm³/mol. The summed E-state index contributed by atoms with van der Waals surface area (Å²) in [6.07, 6.45) is -3.23. The second kappa shape index (κ2) is 8.83. The van der Waals surface area contributed by atoms with Gasteiger partial charge in [-0.05, 0) is 41.7 Å². The summed E-state index contributed by atoms with van der Waals surface area (Å²) >= 11 is 0. The topological polar surface area (TPSA) is 50.3 Å². The van der Waals surface area contributed by atoms with Gasteiger partial charge in [0.2, 0.25) is 5.95 Å². The molecule has 1 aromatic heterocycles. The molecule has 0 amide bonds. The smallest absolute Gasteiger partial charge is 0.406 e. The van der Waals surface area contributed by atoms with E-state index in [9.17, 15) is 13.2 Å².